The maximum atomic E-state index is 4.38. The Labute approximate surface area is 101 Å². The summed E-state index contributed by atoms with van der Waals surface area (Å²) in [4.78, 5) is 12.8. The summed E-state index contributed by atoms with van der Waals surface area (Å²) in [6.45, 7) is 0. The van der Waals surface area contributed by atoms with Gasteiger partial charge in [-0.15, -0.1) is 11.3 Å². The van der Waals surface area contributed by atoms with Crippen molar-refractivity contribution < 1.29 is 0 Å². The molecular weight excluding hydrogens is 230 g/mol. The summed E-state index contributed by atoms with van der Waals surface area (Å²) < 4.78 is 2.36. The predicted octanol–water partition coefficient (Wildman–Crippen LogP) is 3.39. The van der Waals surface area contributed by atoms with Gasteiger partial charge in [0.2, 0.25) is 0 Å². The first kappa shape index (κ1) is 9.01. The first-order valence-corrected chi connectivity index (χ1v) is 6.10. The summed E-state index contributed by atoms with van der Waals surface area (Å²) >= 11 is 1.72. The lowest BCUT2D eigenvalue weighted by atomic mass is 10.1. The van der Waals surface area contributed by atoms with Crippen LogP contribution in [0, 0.1) is 0 Å². The van der Waals surface area contributed by atoms with Crippen molar-refractivity contribution in [3.05, 3.63) is 43.0 Å². The molecule has 0 fully saturated rings. The maximum Gasteiger partial charge on any atom is 0.116 e. The molecule has 0 atom stereocenters. The van der Waals surface area contributed by atoms with Crippen molar-refractivity contribution >= 4 is 42.5 Å². The van der Waals surface area contributed by atoms with E-state index in [0.717, 1.165) is 15.7 Å². The zero-order chi connectivity index (χ0) is 11.2. The molecular formula is C13H7N3S. The van der Waals surface area contributed by atoms with Crippen molar-refractivity contribution in [2.45, 2.75) is 0 Å². The SMILES string of the molecule is c1cnc2cc3c(cc2c1)sc1cncnc13. The zero-order valence-electron chi connectivity index (χ0n) is 8.79. The number of fused-ring (bicyclic) bond motifs is 4. The van der Waals surface area contributed by atoms with Gasteiger partial charge in [0.1, 0.15) is 6.33 Å². The molecule has 0 aliphatic heterocycles. The quantitative estimate of drug-likeness (QED) is 0.470. The van der Waals surface area contributed by atoms with E-state index in [0.29, 0.717) is 0 Å². The average Bonchev–Trinajstić information content (AvgIpc) is 2.73. The minimum atomic E-state index is 1.01. The molecule has 0 saturated carbocycles. The molecule has 0 amide bonds. The van der Waals surface area contributed by atoms with Crippen LogP contribution in [0.15, 0.2) is 43.0 Å². The third kappa shape index (κ3) is 1.24. The highest BCUT2D eigenvalue weighted by Crippen LogP contribution is 2.33. The van der Waals surface area contributed by atoms with Crippen LogP contribution in [0.25, 0.3) is 31.2 Å². The summed E-state index contributed by atoms with van der Waals surface area (Å²) in [5, 5.41) is 2.33. The average molecular weight is 237 g/mol. The fraction of sp³-hybridized carbons (Fsp3) is 0. The number of nitrogens with zero attached hydrogens (tertiary/aromatic N) is 3. The van der Waals surface area contributed by atoms with Crippen molar-refractivity contribution in [2.24, 2.45) is 0 Å². The van der Waals surface area contributed by atoms with Gasteiger partial charge in [-0.05, 0) is 18.2 Å². The molecule has 4 aromatic rings. The molecule has 80 valence electrons. The van der Waals surface area contributed by atoms with Gasteiger partial charge in [0, 0.05) is 27.9 Å². The Morgan fingerprint density at radius 3 is 3.06 bits per heavy atom. The Balaban J connectivity index is 2.28. The standard InChI is InChI=1S/C13H7N3S/c1-2-8-4-11-9(5-10(8)15-3-1)13-12(17-11)6-14-7-16-13/h1-7H. The zero-order valence-corrected chi connectivity index (χ0v) is 9.61. The maximum absolute atomic E-state index is 4.38. The second-order valence-corrected chi connectivity index (χ2v) is 4.97. The summed E-state index contributed by atoms with van der Waals surface area (Å²) in [6.07, 6.45) is 5.28. The van der Waals surface area contributed by atoms with E-state index in [4.69, 9.17) is 0 Å². The Kier molecular flexibility index (Phi) is 1.70. The molecule has 0 bridgehead atoms. The van der Waals surface area contributed by atoms with Crippen LogP contribution in [0.1, 0.15) is 0 Å². The minimum Gasteiger partial charge on any atom is -0.256 e. The molecule has 0 radical (unpaired) electrons. The molecule has 0 aliphatic carbocycles. The number of aromatic nitrogens is 3. The minimum absolute atomic E-state index is 1.01. The van der Waals surface area contributed by atoms with Gasteiger partial charge in [-0.1, -0.05) is 6.07 Å². The van der Waals surface area contributed by atoms with Crippen LogP contribution in [0.4, 0.5) is 0 Å². The number of thiophene rings is 1. The van der Waals surface area contributed by atoms with E-state index in [-0.39, 0.29) is 0 Å². The van der Waals surface area contributed by atoms with Crippen LogP contribution in [-0.4, -0.2) is 15.0 Å². The van der Waals surface area contributed by atoms with Crippen molar-refractivity contribution in [3.8, 4) is 0 Å². The highest BCUT2D eigenvalue weighted by Gasteiger charge is 2.07. The van der Waals surface area contributed by atoms with Crippen LogP contribution < -0.4 is 0 Å². The van der Waals surface area contributed by atoms with Crippen LogP contribution in [-0.2, 0) is 0 Å². The van der Waals surface area contributed by atoms with Crippen molar-refractivity contribution in [1.82, 2.24) is 15.0 Å². The summed E-state index contributed by atoms with van der Waals surface area (Å²) in [5.41, 5.74) is 2.03. The molecule has 17 heavy (non-hydrogen) atoms. The number of pyridine rings is 1. The van der Waals surface area contributed by atoms with Gasteiger partial charge in [0.15, 0.2) is 0 Å². The lowest BCUT2D eigenvalue weighted by Crippen LogP contribution is -1.78. The molecule has 1 aromatic carbocycles. The first-order valence-electron chi connectivity index (χ1n) is 5.29. The van der Waals surface area contributed by atoms with Crippen LogP contribution in [0.3, 0.4) is 0 Å². The number of hydrogen-bond acceptors (Lipinski definition) is 4. The lowest BCUT2D eigenvalue weighted by Gasteiger charge is -1.96. The van der Waals surface area contributed by atoms with Crippen molar-refractivity contribution in [2.75, 3.05) is 0 Å². The van der Waals surface area contributed by atoms with Gasteiger partial charge in [0.05, 0.1) is 15.7 Å². The molecule has 4 heteroatoms. The van der Waals surface area contributed by atoms with Gasteiger partial charge < -0.3 is 0 Å². The summed E-state index contributed by atoms with van der Waals surface area (Å²) in [6, 6.07) is 8.32. The Morgan fingerprint density at radius 1 is 1.06 bits per heavy atom. The Hall–Kier alpha value is -2.07. The number of benzene rings is 1. The third-order valence-electron chi connectivity index (χ3n) is 2.86. The van der Waals surface area contributed by atoms with Gasteiger partial charge in [-0.3, -0.25) is 4.98 Å². The molecule has 0 N–H and O–H groups in total. The van der Waals surface area contributed by atoms with Gasteiger partial charge in [0.25, 0.3) is 0 Å². The second kappa shape index (κ2) is 3.21. The monoisotopic (exact) mass is 237 g/mol. The van der Waals surface area contributed by atoms with Crippen LogP contribution in [0.2, 0.25) is 0 Å². The molecule has 0 spiro atoms. The molecule has 3 aromatic heterocycles. The van der Waals surface area contributed by atoms with E-state index >= 15 is 0 Å². The predicted molar refractivity (Wildman–Crippen MR) is 70.2 cm³/mol. The van der Waals surface area contributed by atoms with Gasteiger partial charge >= 0.3 is 0 Å². The highest BCUT2D eigenvalue weighted by atomic mass is 32.1. The largest absolute Gasteiger partial charge is 0.256 e. The van der Waals surface area contributed by atoms with Gasteiger partial charge in [-0.25, -0.2) is 9.97 Å². The fourth-order valence-corrected chi connectivity index (χ4v) is 3.14. The Morgan fingerprint density at radius 2 is 2.06 bits per heavy atom. The van der Waals surface area contributed by atoms with E-state index < -0.39 is 0 Å². The molecule has 3 nitrogen and oxygen atoms in total. The first-order chi connectivity index (χ1) is 8.42. The third-order valence-corrected chi connectivity index (χ3v) is 3.93. The smallest absolute Gasteiger partial charge is 0.116 e. The van der Waals surface area contributed by atoms with E-state index in [1.54, 1.807) is 17.7 Å². The van der Waals surface area contributed by atoms with E-state index in [1.807, 2.05) is 18.5 Å². The van der Waals surface area contributed by atoms with Crippen LogP contribution in [0.5, 0.6) is 0 Å². The normalized spacial score (nSPS) is 11.5. The molecule has 0 saturated heterocycles. The van der Waals surface area contributed by atoms with E-state index in [1.165, 1.54) is 15.5 Å². The number of rotatable bonds is 0. The molecule has 3 heterocycles. The summed E-state index contributed by atoms with van der Waals surface area (Å²) in [7, 11) is 0. The second-order valence-electron chi connectivity index (χ2n) is 3.88. The van der Waals surface area contributed by atoms with E-state index in [9.17, 15) is 0 Å². The Bertz CT molecular complexity index is 845. The van der Waals surface area contributed by atoms with Crippen molar-refractivity contribution in [3.63, 3.8) is 0 Å². The lowest BCUT2D eigenvalue weighted by molar-refractivity contribution is 1.23. The topological polar surface area (TPSA) is 38.7 Å². The molecule has 0 unspecified atom stereocenters. The number of hydrogen-bond donors (Lipinski definition) is 0. The molecule has 0 aliphatic rings. The summed E-state index contributed by atoms with van der Waals surface area (Å²) in [5.74, 6) is 0. The van der Waals surface area contributed by atoms with Gasteiger partial charge in [-0.2, -0.15) is 0 Å². The molecule has 4 rings (SSSR count). The van der Waals surface area contributed by atoms with E-state index in [2.05, 4.69) is 33.2 Å². The van der Waals surface area contributed by atoms with Crippen molar-refractivity contribution in [1.29, 1.82) is 0 Å². The fourth-order valence-electron chi connectivity index (χ4n) is 2.08. The highest BCUT2D eigenvalue weighted by molar-refractivity contribution is 7.25. The van der Waals surface area contributed by atoms with Crippen LogP contribution >= 0.6 is 11.3 Å².